The highest BCUT2D eigenvalue weighted by Gasteiger charge is 2.09. The van der Waals surface area contributed by atoms with Gasteiger partial charge in [0.25, 0.3) is 5.91 Å². The van der Waals surface area contributed by atoms with Gasteiger partial charge in [-0.2, -0.15) is 4.36 Å². The van der Waals surface area contributed by atoms with Crippen LogP contribution in [0, 0.1) is 0 Å². The van der Waals surface area contributed by atoms with Gasteiger partial charge in [0, 0.05) is 34.6 Å². The van der Waals surface area contributed by atoms with E-state index in [0.717, 1.165) is 0 Å². The summed E-state index contributed by atoms with van der Waals surface area (Å²) in [4.78, 5) is 15.1. The summed E-state index contributed by atoms with van der Waals surface area (Å²) in [6, 6.07) is 1.48. The lowest BCUT2D eigenvalue weighted by atomic mass is 10.3. The van der Waals surface area contributed by atoms with Crippen molar-refractivity contribution in [2.75, 3.05) is 12.5 Å². The first-order chi connectivity index (χ1) is 6.40. The van der Waals surface area contributed by atoms with Crippen LogP contribution in [-0.4, -0.2) is 27.6 Å². The fraction of sp³-hybridized carbons (Fsp3) is 0.250. The Morgan fingerprint density at radius 2 is 2.21 bits per heavy atom. The Labute approximate surface area is 87.5 Å². The Kier molecular flexibility index (Phi) is 3.23. The molecule has 0 saturated heterocycles. The Bertz CT molecular complexity index is 470. The van der Waals surface area contributed by atoms with Gasteiger partial charge in [-0.1, -0.05) is 11.6 Å². The first-order valence-corrected chi connectivity index (χ1v) is 6.42. The molecule has 1 aromatic rings. The molecule has 76 valence electrons. The molecule has 0 unspecified atom stereocenters. The van der Waals surface area contributed by atoms with Crippen LogP contribution in [0.5, 0.6) is 0 Å². The second kappa shape index (κ2) is 4.06. The van der Waals surface area contributed by atoms with Crippen molar-refractivity contribution in [3.05, 3.63) is 29.0 Å². The molecule has 6 heteroatoms. The molecule has 1 amide bonds. The van der Waals surface area contributed by atoms with Crippen molar-refractivity contribution in [1.82, 2.24) is 4.98 Å². The molecule has 1 heterocycles. The Balaban J connectivity index is 3.16. The molecule has 0 fully saturated rings. The third kappa shape index (κ3) is 3.08. The Hall–Kier alpha value is -0.940. The van der Waals surface area contributed by atoms with Gasteiger partial charge in [-0.25, -0.2) is 4.21 Å². The number of carbonyl (C=O) groups is 1. The second-order valence-corrected chi connectivity index (χ2v) is 5.89. The van der Waals surface area contributed by atoms with E-state index < -0.39 is 15.6 Å². The first-order valence-electron chi connectivity index (χ1n) is 3.71. The van der Waals surface area contributed by atoms with E-state index in [-0.39, 0.29) is 10.6 Å². The molecule has 14 heavy (non-hydrogen) atoms. The first kappa shape index (κ1) is 11.1. The molecule has 0 aromatic carbocycles. The predicted octanol–water partition coefficient (Wildman–Crippen LogP) is 1.60. The number of hydrogen-bond donors (Lipinski definition) is 0. The van der Waals surface area contributed by atoms with Crippen molar-refractivity contribution in [2.45, 2.75) is 0 Å². The fourth-order valence-electron chi connectivity index (χ4n) is 0.784. The quantitative estimate of drug-likeness (QED) is 0.739. The van der Waals surface area contributed by atoms with Crippen molar-refractivity contribution in [3.63, 3.8) is 0 Å². The van der Waals surface area contributed by atoms with Gasteiger partial charge >= 0.3 is 0 Å². The standard InChI is InChI=1S/C8H9ClN2O2S/c1-14(2,13)11-8(12)6-5-10-4-3-7(6)9/h3-5H,1-2H3. The van der Waals surface area contributed by atoms with E-state index in [4.69, 9.17) is 11.6 Å². The maximum absolute atomic E-state index is 11.4. The lowest BCUT2D eigenvalue weighted by Gasteiger charge is -1.98. The average Bonchev–Trinajstić information content (AvgIpc) is 2.01. The zero-order valence-corrected chi connectivity index (χ0v) is 9.30. The minimum Gasteiger partial charge on any atom is -0.266 e. The highest BCUT2D eigenvalue weighted by Crippen LogP contribution is 2.14. The van der Waals surface area contributed by atoms with Crippen LogP contribution in [-0.2, 0) is 9.73 Å². The summed E-state index contributed by atoms with van der Waals surface area (Å²) in [6.07, 6.45) is 5.54. The second-order valence-electron chi connectivity index (χ2n) is 2.93. The molecule has 0 atom stereocenters. The van der Waals surface area contributed by atoms with Crippen molar-refractivity contribution >= 4 is 27.2 Å². The van der Waals surface area contributed by atoms with E-state index in [0.29, 0.717) is 0 Å². The van der Waals surface area contributed by atoms with E-state index in [9.17, 15) is 9.00 Å². The fourth-order valence-corrected chi connectivity index (χ4v) is 1.47. The molecule has 4 nitrogen and oxygen atoms in total. The lowest BCUT2D eigenvalue weighted by molar-refractivity contribution is 0.100. The minimum atomic E-state index is -2.45. The van der Waals surface area contributed by atoms with Gasteiger partial charge in [0.1, 0.15) is 0 Å². The summed E-state index contributed by atoms with van der Waals surface area (Å²) in [6.45, 7) is 0. The third-order valence-corrected chi connectivity index (χ3v) is 2.24. The highest BCUT2D eigenvalue weighted by atomic mass is 35.5. The van der Waals surface area contributed by atoms with Gasteiger partial charge in [0.15, 0.2) is 0 Å². The van der Waals surface area contributed by atoms with Gasteiger partial charge < -0.3 is 0 Å². The molecular formula is C8H9ClN2O2S. The third-order valence-electron chi connectivity index (χ3n) is 1.30. The summed E-state index contributed by atoms with van der Waals surface area (Å²) in [5, 5.41) is 0.261. The lowest BCUT2D eigenvalue weighted by Crippen LogP contribution is -2.02. The van der Waals surface area contributed by atoms with E-state index in [1.807, 2.05) is 0 Å². The molecule has 0 saturated carbocycles. The maximum Gasteiger partial charge on any atom is 0.288 e. The van der Waals surface area contributed by atoms with Crippen LogP contribution in [0.25, 0.3) is 0 Å². The van der Waals surface area contributed by atoms with Crippen LogP contribution in [0.15, 0.2) is 22.8 Å². The molecule has 0 aliphatic carbocycles. The van der Waals surface area contributed by atoms with Gasteiger partial charge in [-0.15, -0.1) is 0 Å². The number of aromatic nitrogens is 1. The van der Waals surface area contributed by atoms with Crippen molar-refractivity contribution in [2.24, 2.45) is 4.36 Å². The zero-order chi connectivity index (χ0) is 10.8. The van der Waals surface area contributed by atoms with Crippen molar-refractivity contribution < 1.29 is 9.00 Å². The maximum atomic E-state index is 11.4. The monoisotopic (exact) mass is 232 g/mol. The smallest absolute Gasteiger partial charge is 0.266 e. The SMILES string of the molecule is CS(C)(=O)=NC(=O)c1cnccc1Cl. The molecule has 1 aromatic heterocycles. The van der Waals surface area contributed by atoms with E-state index >= 15 is 0 Å². The normalized spacial score (nSPS) is 11.1. The van der Waals surface area contributed by atoms with Crippen LogP contribution in [0.1, 0.15) is 10.4 Å². The van der Waals surface area contributed by atoms with Gasteiger partial charge in [-0.3, -0.25) is 9.78 Å². The summed E-state index contributed by atoms with van der Waals surface area (Å²) in [7, 11) is -2.45. The number of hydrogen-bond acceptors (Lipinski definition) is 3. The van der Waals surface area contributed by atoms with Crippen LogP contribution in [0.3, 0.4) is 0 Å². The van der Waals surface area contributed by atoms with Crippen molar-refractivity contribution in [1.29, 1.82) is 0 Å². The molecule has 0 N–H and O–H groups in total. The Morgan fingerprint density at radius 3 is 2.71 bits per heavy atom. The molecular weight excluding hydrogens is 224 g/mol. The predicted molar refractivity (Wildman–Crippen MR) is 56.0 cm³/mol. The van der Waals surface area contributed by atoms with Gasteiger partial charge in [-0.05, 0) is 6.07 Å². The number of rotatable bonds is 1. The van der Waals surface area contributed by atoms with Crippen LogP contribution < -0.4 is 0 Å². The van der Waals surface area contributed by atoms with Gasteiger partial charge in [0.05, 0.1) is 10.6 Å². The number of pyridine rings is 1. The summed E-state index contributed by atoms with van der Waals surface area (Å²) in [5.74, 6) is -0.599. The van der Waals surface area contributed by atoms with Crippen molar-refractivity contribution in [3.8, 4) is 0 Å². The van der Waals surface area contributed by atoms with Crippen LogP contribution in [0.4, 0.5) is 0 Å². The number of nitrogens with zero attached hydrogens (tertiary/aromatic N) is 2. The summed E-state index contributed by atoms with van der Waals surface area (Å²) in [5.41, 5.74) is 0.172. The van der Waals surface area contributed by atoms with E-state index in [1.54, 1.807) is 0 Å². The number of halogens is 1. The van der Waals surface area contributed by atoms with Gasteiger partial charge in [0.2, 0.25) is 0 Å². The molecule has 0 aliphatic rings. The average molecular weight is 233 g/mol. The summed E-state index contributed by atoms with van der Waals surface area (Å²) < 4.78 is 14.7. The van der Waals surface area contributed by atoms with Crippen LogP contribution >= 0.6 is 11.6 Å². The number of carbonyl (C=O) groups excluding carboxylic acids is 1. The summed E-state index contributed by atoms with van der Waals surface area (Å²) >= 11 is 5.73. The largest absolute Gasteiger partial charge is 0.288 e. The van der Waals surface area contributed by atoms with Crippen LogP contribution in [0.2, 0.25) is 5.02 Å². The van der Waals surface area contributed by atoms with E-state index in [2.05, 4.69) is 9.35 Å². The highest BCUT2D eigenvalue weighted by molar-refractivity contribution is 7.92. The number of amides is 1. The molecule has 0 bridgehead atoms. The molecule has 0 spiro atoms. The molecule has 1 rings (SSSR count). The van der Waals surface area contributed by atoms with E-state index in [1.165, 1.54) is 31.0 Å². The Morgan fingerprint density at radius 1 is 1.57 bits per heavy atom. The molecule has 0 aliphatic heterocycles. The molecule has 0 radical (unpaired) electrons. The topological polar surface area (TPSA) is 59.4 Å². The minimum absolute atomic E-state index is 0.172. The zero-order valence-electron chi connectivity index (χ0n) is 7.73.